The van der Waals surface area contributed by atoms with Crippen LogP contribution in [-0.4, -0.2) is 13.1 Å². The van der Waals surface area contributed by atoms with Crippen LogP contribution in [0.1, 0.15) is 17.2 Å². The van der Waals surface area contributed by atoms with E-state index in [2.05, 4.69) is 4.74 Å². The van der Waals surface area contributed by atoms with Gasteiger partial charge in [0.25, 0.3) is 0 Å². The Kier molecular flexibility index (Phi) is 3.21. The first-order valence-corrected chi connectivity index (χ1v) is 4.02. The highest BCUT2D eigenvalue weighted by Crippen LogP contribution is 2.13. The van der Waals surface area contributed by atoms with E-state index < -0.39 is 12.0 Å². The maximum Gasteiger partial charge on any atom is 0.327 e. The molecule has 4 heteroatoms. The summed E-state index contributed by atoms with van der Waals surface area (Å²) in [7, 11) is 1.27. The van der Waals surface area contributed by atoms with Gasteiger partial charge >= 0.3 is 5.97 Å². The lowest BCUT2D eigenvalue weighted by atomic mass is 10.1. The molecule has 1 atom stereocenters. The minimum absolute atomic E-state index is 0.474. The molecule has 0 saturated heterocycles. The zero-order valence-corrected chi connectivity index (χ0v) is 7.73. The fourth-order valence-electron chi connectivity index (χ4n) is 1.06. The van der Waals surface area contributed by atoms with Gasteiger partial charge in [0.15, 0.2) is 0 Å². The molecule has 0 radical (unpaired) electrons. The van der Waals surface area contributed by atoms with Crippen molar-refractivity contribution < 1.29 is 9.53 Å². The van der Waals surface area contributed by atoms with E-state index in [0.29, 0.717) is 11.1 Å². The van der Waals surface area contributed by atoms with E-state index in [0.717, 1.165) is 0 Å². The summed E-state index contributed by atoms with van der Waals surface area (Å²) < 4.78 is 4.49. The van der Waals surface area contributed by atoms with E-state index in [4.69, 9.17) is 11.0 Å². The molecule has 0 aromatic heterocycles. The lowest BCUT2D eigenvalue weighted by Crippen LogP contribution is -2.22. The van der Waals surface area contributed by atoms with Gasteiger partial charge in [-0.3, -0.25) is 4.79 Å². The Bertz CT molecular complexity index is 382. The fourth-order valence-corrected chi connectivity index (χ4v) is 1.06. The van der Waals surface area contributed by atoms with Crippen molar-refractivity contribution in [2.45, 2.75) is 6.04 Å². The zero-order chi connectivity index (χ0) is 10.6. The van der Waals surface area contributed by atoms with Crippen LogP contribution in [-0.2, 0) is 9.53 Å². The van der Waals surface area contributed by atoms with Crippen LogP contribution in [0.2, 0.25) is 0 Å². The van der Waals surface area contributed by atoms with Crippen molar-refractivity contribution in [1.82, 2.24) is 0 Å². The van der Waals surface area contributed by atoms with E-state index >= 15 is 0 Å². The van der Waals surface area contributed by atoms with Gasteiger partial charge in [-0.15, -0.1) is 0 Å². The van der Waals surface area contributed by atoms with Crippen molar-refractivity contribution in [3.63, 3.8) is 0 Å². The second-order valence-corrected chi connectivity index (χ2v) is 2.74. The van der Waals surface area contributed by atoms with E-state index in [1.807, 2.05) is 6.07 Å². The smallest absolute Gasteiger partial charge is 0.327 e. The molecule has 1 aromatic carbocycles. The van der Waals surface area contributed by atoms with Gasteiger partial charge in [0.05, 0.1) is 18.7 Å². The van der Waals surface area contributed by atoms with E-state index in [-0.39, 0.29) is 0 Å². The van der Waals surface area contributed by atoms with Gasteiger partial charge in [-0.25, -0.2) is 0 Å². The number of carbonyl (C=O) groups excluding carboxylic acids is 1. The van der Waals surface area contributed by atoms with Crippen molar-refractivity contribution >= 4 is 5.97 Å². The summed E-state index contributed by atoms with van der Waals surface area (Å²) in [6, 6.07) is 7.72. The molecule has 0 saturated carbocycles. The Morgan fingerprint density at radius 2 is 2.36 bits per heavy atom. The first-order valence-electron chi connectivity index (χ1n) is 4.02. The molecule has 0 bridgehead atoms. The molecule has 14 heavy (non-hydrogen) atoms. The molecule has 0 heterocycles. The van der Waals surface area contributed by atoms with Gasteiger partial charge in [0, 0.05) is 0 Å². The molecule has 0 aliphatic rings. The fraction of sp³-hybridized carbons (Fsp3) is 0.200. The third kappa shape index (κ3) is 2.09. The molecule has 2 N–H and O–H groups in total. The highest BCUT2D eigenvalue weighted by molar-refractivity contribution is 5.77. The monoisotopic (exact) mass is 190 g/mol. The predicted octanol–water partition coefficient (Wildman–Crippen LogP) is 0.731. The minimum Gasteiger partial charge on any atom is -0.468 e. The molecule has 0 unspecified atom stereocenters. The van der Waals surface area contributed by atoms with Crippen molar-refractivity contribution in [3.8, 4) is 6.07 Å². The molecular formula is C10H10N2O2. The van der Waals surface area contributed by atoms with Crippen LogP contribution < -0.4 is 5.73 Å². The highest BCUT2D eigenvalue weighted by Gasteiger charge is 2.15. The van der Waals surface area contributed by atoms with Crippen LogP contribution in [0.25, 0.3) is 0 Å². The van der Waals surface area contributed by atoms with Crippen LogP contribution in [0.3, 0.4) is 0 Å². The average Bonchev–Trinajstić information content (AvgIpc) is 2.27. The maximum atomic E-state index is 11.1. The molecular weight excluding hydrogens is 180 g/mol. The van der Waals surface area contributed by atoms with Gasteiger partial charge in [-0.1, -0.05) is 12.1 Å². The molecule has 1 aromatic rings. The van der Waals surface area contributed by atoms with Crippen molar-refractivity contribution in [1.29, 1.82) is 5.26 Å². The summed E-state index contributed by atoms with van der Waals surface area (Å²) >= 11 is 0. The number of hydrogen-bond acceptors (Lipinski definition) is 4. The molecule has 0 amide bonds. The van der Waals surface area contributed by atoms with Crippen molar-refractivity contribution in [3.05, 3.63) is 35.4 Å². The summed E-state index contributed by atoms with van der Waals surface area (Å²) in [5.41, 5.74) is 6.64. The second kappa shape index (κ2) is 4.40. The number of rotatable bonds is 2. The number of ether oxygens (including phenoxy) is 1. The maximum absolute atomic E-state index is 11.1. The summed E-state index contributed by atoms with van der Waals surface area (Å²) in [4.78, 5) is 11.1. The van der Waals surface area contributed by atoms with Gasteiger partial charge in [-0.05, 0) is 17.7 Å². The molecule has 4 nitrogen and oxygen atoms in total. The van der Waals surface area contributed by atoms with Crippen LogP contribution in [0.4, 0.5) is 0 Å². The summed E-state index contributed by atoms with van der Waals surface area (Å²) in [6.45, 7) is 0. The predicted molar refractivity (Wildman–Crippen MR) is 50.1 cm³/mol. The normalized spacial score (nSPS) is 11.5. The van der Waals surface area contributed by atoms with Crippen LogP contribution in [0, 0.1) is 11.3 Å². The van der Waals surface area contributed by atoms with Crippen LogP contribution >= 0.6 is 0 Å². The SMILES string of the molecule is COC(=O)[C@H](N)c1cccc(C#N)c1. The van der Waals surface area contributed by atoms with Crippen molar-refractivity contribution in [2.75, 3.05) is 7.11 Å². The average molecular weight is 190 g/mol. The lowest BCUT2D eigenvalue weighted by Gasteiger charge is -2.08. The Morgan fingerprint density at radius 1 is 1.64 bits per heavy atom. The number of benzene rings is 1. The molecule has 0 aliphatic carbocycles. The molecule has 0 spiro atoms. The third-order valence-electron chi connectivity index (χ3n) is 1.83. The van der Waals surface area contributed by atoms with Crippen molar-refractivity contribution in [2.24, 2.45) is 5.73 Å². The number of methoxy groups -OCH3 is 1. The standard InChI is InChI=1S/C10H10N2O2/c1-14-10(13)9(12)8-4-2-3-7(5-8)6-11/h2-5,9H,12H2,1H3/t9-/m1/s1. The zero-order valence-electron chi connectivity index (χ0n) is 7.73. The molecule has 0 fully saturated rings. The van der Waals surface area contributed by atoms with Gasteiger partial charge < -0.3 is 10.5 Å². The molecule has 72 valence electrons. The third-order valence-corrected chi connectivity index (χ3v) is 1.83. The largest absolute Gasteiger partial charge is 0.468 e. The minimum atomic E-state index is -0.826. The molecule has 0 aliphatic heterocycles. The number of nitrogens with two attached hydrogens (primary N) is 1. The summed E-state index contributed by atoms with van der Waals surface area (Å²) in [5, 5.41) is 8.63. The van der Waals surface area contributed by atoms with E-state index in [9.17, 15) is 4.79 Å². The number of hydrogen-bond donors (Lipinski definition) is 1. The highest BCUT2D eigenvalue weighted by atomic mass is 16.5. The number of esters is 1. The second-order valence-electron chi connectivity index (χ2n) is 2.74. The van der Waals surface area contributed by atoms with E-state index in [1.54, 1.807) is 24.3 Å². The van der Waals surface area contributed by atoms with Crippen LogP contribution in [0.15, 0.2) is 24.3 Å². The Hall–Kier alpha value is -1.86. The molecule has 1 rings (SSSR count). The van der Waals surface area contributed by atoms with Gasteiger partial charge in [0.2, 0.25) is 0 Å². The number of nitrogens with zero attached hydrogens (tertiary/aromatic N) is 1. The summed E-state index contributed by atoms with van der Waals surface area (Å²) in [5.74, 6) is -0.514. The topological polar surface area (TPSA) is 76.1 Å². The van der Waals surface area contributed by atoms with Crippen LogP contribution in [0.5, 0.6) is 0 Å². The quantitative estimate of drug-likeness (QED) is 0.697. The number of nitriles is 1. The first kappa shape index (κ1) is 10.2. The number of carbonyl (C=O) groups is 1. The van der Waals surface area contributed by atoms with Gasteiger partial charge in [-0.2, -0.15) is 5.26 Å². The van der Waals surface area contributed by atoms with E-state index in [1.165, 1.54) is 7.11 Å². The Morgan fingerprint density at radius 3 is 2.93 bits per heavy atom. The first-order chi connectivity index (χ1) is 6.69. The van der Waals surface area contributed by atoms with Gasteiger partial charge in [0.1, 0.15) is 6.04 Å². The summed E-state index contributed by atoms with van der Waals surface area (Å²) in [6.07, 6.45) is 0. The lowest BCUT2D eigenvalue weighted by molar-refractivity contribution is -0.142. The Labute approximate surface area is 81.9 Å². The Balaban J connectivity index is 2.96.